The van der Waals surface area contributed by atoms with Crippen LogP contribution in [0.1, 0.15) is 15.9 Å². The molecule has 0 spiro atoms. The summed E-state index contributed by atoms with van der Waals surface area (Å²) in [5.41, 5.74) is 0.799. The lowest BCUT2D eigenvalue weighted by molar-refractivity contribution is 0.0693. The van der Waals surface area contributed by atoms with E-state index < -0.39 is 5.97 Å². The van der Waals surface area contributed by atoms with Crippen molar-refractivity contribution in [1.29, 1.82) is 0 Å². The van der Waals surface area contributed by atoms with E-state index in [1.165, 1.54) is 13.2 Å². The molecule has 0 aliphatic heterocycles. The van der Waals surface area contributed by atoms with Crippen molar-refractivity contribution in [2.75, 3.05) is 7.11 Å². The van der Waals surface area contributed by atoms with E-state index >= 15 is 0 Å². The maximum Gasteiger partial charge on any atom is 0.336 e. The van der Waals surface area contributed by atoms with Crippen LogP contribution in [0.2, 0.25) is 0 Å². The molecule has 1 N–H and O–H groups in total. The second kappa shape index (κ2) is 5.91. The minimum atomic E-state index is -0.995. The van der Waals surface area contributed by atoms with Crippen LogP contribution in [0.4, 0.5) is 0 Å². The molecule has 4 heteroatoms. The van der Waals surface area contributed by atoms with E-state index in [0.717, 1.165) is 0 Å². The van der Waals surface area contributed by atoms with Gasteiger partial charge in [-0.2, -0.15) is 0 Å². The van der Waals surface area contributed by atoms with Crippen LogP contribution in [0.15, 0.2) is 48.5 Å². The van der Waals surface area contributed by atoms with Gasteiger partial charge in [-0.3, -0.25) is 0 Å². The normalized spacial score (nSPS) is 9.95. The highest BCUT2D eigenvalue weighted by Gasteiger charge is 2.11. The number of carboxylic acids is 1. The quantitative estimate of drug-likeness (QED) is 0.895. The Morgan fingerprint density at radius 3 is 2.47 bits per heavy atom. The van der Waals surface area contributed by atoms with E-state index in [1.54, 1.807) is 12.1 Å². The van der Waals surface area contributed by atoms with E-state index in [4.69, 9.17) is 9.47 Å². The van der Waals surface area contributed by atoms with Crippen molar-refractivity contribution in [2.24, 2.45) is 0 Å². The molecule has 0 aromatic heterocycles. The molecule has 0 saturated carbocycles. The van der Waals surface area contributed by atoms with E-state index in [-0.39, 0.29) is 12.2 Å². The van der Waals surface area contributed by atoms with E-state index in [9.17, 15) is 9.90 Å². The second-order valence-corrected chi connectivity index (χ2v) is 3.93. The molecule has 0 amide bonds. The van der Waals surface area contributed by atoms with Gasteiger partial charge < -0.3 is 14.6 Å². The summed E-state index contributed by atoms with van der Waals surface area (Å²) in [6.45, 7) is 0.204. The van der Waals surface area contributed by atoms with Crippen LogP contribution in [0.3, 0.4) is 0 Å². The Morgan fingerprint density at radius 2 is 1.84 bits per heavy atom. The van der Waals surface area contributed by atoms with Crippen molar-refractivity contribution < 1.29 is 19.4 Å². The van der Waals surface area contributed by atoms with Gasteiger partial charge in [0.1, 0.15) is 18.1 Å². The number of ether oxygens (including phenoxy) is 2. The average Bonchev–Trinajstić information content (AvgIpc) is 2.46. The van der Waals surface area contributed by atoms with Gasteiger partial charge in [-0.15, -0.1) is 0 Å². The number of carbonyl (C=O) groups is 1. The predicted molar refractivity (Wildman–Crippen MR) is 70.7 cm³/mol. The maximum absolute atomic E-state index is 11.2. The molecular formula is C15H14O4. The summed E-state index contributed by atoms with van der Waals surface area (Å²) in [5.74, 6) is 0.223. The largest absolute Gasteiger partial charge is 0.497 e. The number of benzene rings is 2. The van der Waals surface area contributed by atoms with Crippen molar-refractivity contribution in [1.82, 2.24) is 0 Å². The number of carboxylic acid groups (broad SMARTS) is 1. The highest BCUT2D eigenvalue weighted by atomic mass is 16.5. The van der Waals surface area contributed by atoms with Gasteiger partial charge in [0.05, 0.1) is 12.7 Å². The van der Waals surface area contributed by atoms with Gasteiger partial charge in [-0.1, -0.05) is 24.3 Å². The second-order valence-electron chi connectivity index (χ2n) is 3.93. The van der Waals surface area contributed by atoms with Gasteiger partial charge >= 0.3 is 5.97 Å². The lowest BCUT2D eigenvalue weighted by Gasteiger charge is -2.10. The lowest BCUT2D eigenvalue weighted by Crippen LogP contribution is -2.06. The minimum absolute atomic E-state index is 0.190. The zero-order valence-electron chi connectivity index (χ0n) is 10.5. The smallest absolute Gasteiger partial charge is 0.336 e. The first-order valence-corrected chi connectivity index (χ1v) is 5.79. The molecule has 0 saturated heterocycles. The Labute approximate surface area is 111 Å². The Bertz CT molecular complexity index is 564. The zero-order chi connectivity index (χ0) is 13.7. The Morgan fingerprint density at radius 1 is 1.11 bits per heavy atom. The molecule has 0 atom stereocenters. The van der Waals surface area contributed by atoms with E-state index in [1.807, 2.05) is 30.3 Å². The summed E-state index contributed by atoms with van der Waals surface area (Å²) in [4.78, 5) is 11.2. The topological polar surface area (TPSA) is 55.8 Å². The standard InChI is InChI=1S/C15H14O4/c1-18-13-8-7-11(14(9-13)15(16)17)10-19-12-5-3-2-4-6-12/h2-9H,10H2,1H3,(H,16,17). The fourth-order valence-electron chi connectivity index (χ4n) is 1.69. The van der Waals surface area contributed by atoms with Crippen LogP contribution < -0.4 is 9.47 Å². The SMILES string of the molecule is COc1ccc(COc2ccccc2)c(C(=O)O)c1. The third-order valence-electron chi connectivity index (χ3n) is 2.68. The Hall–Kier alpha value is -2.49. The van der Waals surface area contributed by atoms with Gasteiger partial charge in [0.2, 0.25) is 0 Å². The highest BCUT2D eigenvalue weighted by Crippen LogP contribution is 2.20. The van der Waals surface area contributed by atoms with Crippen LogP contribution in [0.5, 0.6) is 11.5 Å². The number of rotatable bonds is 5. The third-order valence-corrected chi connectivity index (χ3v) is 2.68. The minimum Gasteiger partial charge on any atom is -0.497 e. The van der Waals surface area contributed by atoms with Gasteiger partial charge in [0.25, 0.3) is 0 Å². The molecule has 19 heavy (non-hydrogen) atoms. The summed E-state index contributed by atoms with van der Waals surface area (Å²) in [5, 5.41) is 9.17. The van der Waals surface area contributed by atoms with Crippen LogP contribution in [-0.2, 0) is 6.61 Å². The van der Waals surface area contributed by atoms with Gasteiger partial charge in [-0.05, 0) is 24.3 Å². The van der Waals surface area contributed by atoms with E-state index in [0.29, 0.717) is 17.1 Å². The summed E-state index contributed by atoms with van der Waals surface area (Å²) < 4.78 is 10.6. The predicted octanol–water partition coefficient (Wildman–Crippen LogP) is 2.97. The molecule has 0 unspecified atom stereocenters. The van der Waals surface area contributed by atoms with Crippen molar-refractivity contribution in [3.05, 3.63) is 59.7 Å². The number of methoxy groups -OCH3 is 1. The molecule has 0 heterocycles. The Balaban J connectivity index is 2.18. The number of hydrogen-bond acceptors (Lipinski definition) is 3. The van der Waals surface area contributed by atoms with Crippen molar-refractivity contribution in [3.8, 4) is 11.5 Å². The summed E-state index contributed by atoms with van der Waals surface area (Å²) in [6, 6.07) is 14.2. The molecule has 2 aromatic rings. The summed E-state index contributed by atoms with van der Waals surface area (Å²) >= 11 is 0. The summed E-state index contributed by atoms with van der Waals surface area (Å²) in [7, 11) is 1.50. The van der Waals surface area contributed by atoms with Crippen LogP contribution in [0.25, 0.3) is 0 Å². The van der Waals surface area contributed by atoms with Crippen molar-refractivity contribution >= 4 is 5.97 Å². The van der Waals surface area contributed by atoms with Gasteiger partial charge in [0, 0.05) is 5.56 Å². The monoisotopic (exact) mass is 258 g/mol. The maximum atomic E-state index is 11.2. The molecule has 0 fully saturated rings. The number of hydrogen-bond donors (Lipinski definition) is 1. The van der Waals surface area contributed by atoms with E-state index in [2.05, 4.69) is 0 Å². The molecule has 0 aliphatic carbocycles. The fraction of sp³-hybridized carbons (Fsp3) is 0.133. The molecule has 4 nitrogen and oxygen atoms in total. The van der Waals surface area contributed by atoms with Crippen LogP contribution in [-0.4, -0.2) is 18.2 Å². The lowest BCUT2D eigenvalue weighted by atomic mass is 10.1. The average molecular weight is 258 g/mol. The van der Waals surface area contributed by atoms with Crippen molar-refractivity contribution in [3.63, 3.8) is 0 Å². The molecule has 0 aliphatic rings. The Kier molecular flexibility index (Phi) is 4.03. The molecule has 0 bridgehead atoms. The van der Waals surface area contributed by atoms with Gasteiger partial charge in [0.15, 0.2) is 0 Å². The molecule has 98 valence electrons. The molecule has 2 rings (SSSR count). The molecule has 0 radical (unpaired) electrons. The molecule has 2 aromatic carbocycles. The first kappa shape index (κ1) is 13.0. The number of aromatic carboxylic acids is 1. The van der Waals surface area contributed by atoms with Crippen molar-refractivity contribution in [2.45, 2.75) is 6.61 Å². The van der Waals surface area contributed by atoms with Gasteiger partial charge in [-0.25, -0.2) is 4.79 Å². The summed E-state index contributed by atoms with van der Waals surface area (Å²) in [6.07, 6.45) is 0. The zero-order valence-corrected chi connectivity index (χ0v) is 10.5. The third kappa shape index (κ3) is 3.25. The fourth-order valence-corrected chi connectivity index (χ4v) is 1.69. The van der Waals surface area contributed by atoms with Crippen LogP contribution in [0, 0.1) is 0 Å². The number of para-hydroxylation sites is 1. The first-order valence-electron chi connectivity index (χ1n) is 5.79. The molecular weight excluding hydrogens is 244 g/mol. The van der Waals surface area contributed by atoms with Crippen LogP contribution >= 0.6 is 0 Å². The highest BCUT2D eigenvalue weighted by molar-refractivity contribution is 5.89. The first-order chi connectivity index (χ1) is 9.20.